The number of halogens is 2. The number of aromatic nitrogens is 1. The van der Waals surface area contributed by atoms with E-state index in [1.165, 1.54) is 0 Å². The van der Waals surface area contributed by atoms with Gasteiger partial charge in [-0.15, -0.1) is 0 Å². The maximum absolute atomic E-state index is 12.1. The molecule has 0 aliphatic rings. The van der Waals surface area contributed by atoms with Crippen molar-refractivity contribution in [2.24, 2.45) is 5.10 Å². The largest absolute Gasteiger partial charge is 0.497 e. The predicted molar refractivity (Wildman–Crippen MR) is 118 cm³/mol. The summed E-state index contributed by atoms with van der Waals surface area (Å²) < 4.78 is 7.14. The normalized spacial score (nSPS) is 11.1. The summed E-state index contributed by atoms with van der Waals surface area (Å²) >= 11 is 12.4. The van der Waals surface area contributed by atoms with E-state index in [0.717, 1.165) is 34.0 Å². The number of methoxy groups -OCH3 is 1. The van der Waals surface area contributed by atoms with Crippen molar-refractivity contribution in [3.05, 3.63) is 81.1 Å². The minimum atomic E-state index is -0.194. The Balaban J connectivity index is 1.70. The first-order valence-corrected chi connectivity index (χ1v) is 9.74. The van der Waals surface area contributed by atoms with E-state index < -0.39 is 0 Å². The number of carbonyl (C=O) groups is 1. The second-order valence-electron chi connectivity index (χ2n) is 6.58. The summed E-state index contributed by atoms with van der Waals surface area (Å²) in [6, 6.07) is 14.7. The lowest BCUT2D eigenvalue weighted by molar-refractivity contribution is -0.120. The topological polar surface area (TPSA) is 55.6 Å². The molecule has 0 aliphatic heterocycles. The third-order valence-electron chi connectivity index (χ3n) is 4.54. The molecule has 7 heteroatoms. The summed E-state index contributed by atoms with van der Waals surface area (Å²) in [5.74, 6) is 0.560. The summed E-state index contributed by atoms with van der Waals surface area (Å²) in [6.45, 7) is 3.95. The van der Waals surface area contributed by atoms with Crippen LogP contribution in [0.2, 0.25) is 10.0 Å². The Bertz CT molecular complexity index is 1060. The lowest BCUT2D eigenvalue weighted by Crippen LogP contribution is -2.19. The third-order valence-corrected chi connectivity index (χ3v) is 5.08. The Morgan fingerprint density at radius 3 is 2.52 bits per heavy atom. The van der Waals surface area contributed by atoms with Crippen molar-refractivity contribution in [2.45, 2.75) is 20.3 Å². The van der Waals surface area contributed by atoms with Crippen LogP contribution in [0.5, 0.6) is 5.75 Å². The Labute approximate surface area is 179 Å². The summed E-state index contributed by atoms with van der Waals surface area (Å²) in [4.78, 5) is 12.1. The summed E-state index contributed by atoms with van der Waals surface area (Å²) in [7, 11) is 1.61. The molecule has 0 saturated heterocycles. The van der Waals surface area contributed by atoms with Crippen LogP contribution in [-0.2, 0) is 11.2 Å². The molecule has 29 heavy (non-hydrogen) atoms. The van der Waals surface area contributed by atoms with Crippen LogP contribution in [0, 0.1) is 13.8 Å². The smallest absolute Gasteiger partial charge is 0.244 e. The minimum Gasteiger partial charge on any atom is -0.497 e. The van der Waals surface area contributed by atoms with Crippen molar-refractivity contribution in [1.82, 2.24) is 9.99 Å². The standard InChI is InChI=1S/C22H21Cl2N3O2/c1-14-10-17(15(2)27(14)21-9-6-18(23)12-20(21)24)13-25-26-22(28)11-16-4-7-19(29-3)8-5-16/h4-10,12-13H,11H2,1-3H3,(H,26,28)/b25-13-. The van der Waals surface area contributed by atoms with Gasteiger partial charge in [0.2, 0.25) is 5.91 Å². The number of benzene rings is 2. The number of hydrogen-bond acceptors (Lipinski definition) is 3. The van der Waals surface area contributed by atoms with Crippen molar-refractivity contribution in [3.8, 4) is 11.4 Å². The van der Waals surface area contributed by atoms with Crippen molar-refractivity contribution < 1.29 is 9.53 Å². The highest BCUT2D eigenvalue weighted by atomic mass is 35.5. The van der Waals surface area contributed by atoms with E-state index in [4.69, 9.17) is 27.9 Å². The molecule has 0 spiro atoms. The number of hydrazone groups is 1. The number of amides is 1. The van der Waals surface area contributed by atoms with Crippen molar-refractivity contribution in [2.75, 3.05) is 7.11 Å². The highest BCUT2D eigenvalue weighted by molar-refractivity contribution is 6.35. The van der Waals surface area contributed by atoms with Gasteiger partial charge in [-0.25, -0.2) is 5.43 Å². The van der Waals surface area contributed by atoms with Crippen molar-refractivity contribution in [3.63, 3.8) is 0 Å². The molecule has 0 atom stereocenters. The number of aryl methyl sites for hydroxylation is 1. The van der Waals surface area contributed by atoms with Crippen molar-refractivity contribution >= 4 is 35.3 Å². The molecule has 3 rings (SSSR count). The van der Waals surface area contributed by atoms with Gasteiger partial charge in [-0.2, -0.15) is 5.10 Å². The van der Waals surface area contributed by atoms with Crippen LogP contribution in [0.1, 0.15) is 22.5 Å². The van der Waals surface area contributed by atoms with Crippen LogP contribution < -0.4 is 10.2 Å². The fraction of sp³-hybridized carbons (Fsp3) is 0.182. The highest BCUT2D eigenvalue weighted by Crippen LogP contribution is 2.28. The maximum atomic E-state index is 12.1. The molecule has 0 aliphatic carbocycles. The fourth-order valence-electron chi connectivity index (χ4n) is 3.09. The van der Waals surface area contributed by atoms with Gasteiger partial charge in [0.1, 0.15) is 5.75 Å². The Morgan fingerprint density at radius 2 is 1.86 bits per heavy atom. The van der Waals surface area contributed by atoms with E-state index in [9.17, 15) is 4.79 Å². The van der Waals surface area contributed by atoms with Crippen LogP contribution >= 0.6 is 23.2 Å². The molecule has 3 aromatic rings. The molecule has 5 nitrogen and oxygen atoms in total. The van der Waals surface area contributed by atoms with Gasteiger partial charge >= 0.3 is 0 Å². The maximum Gasteiger partial charge on any atom is 0.244 e. The highest BCUT2D eigenvalue weighted by Gasteiger charge is 2.12. The van der Waals surface area contributed by atoms with Gasteiger partial charge in [0.15, 0.2) is 0 Å². The van der Waals surface area contributed by atoms with E-state index in [1.807, 2.05) is 54.8 Å². The summed E-state index contributed by atoms with van der Waals surface area (Å²) in [5.41, 5.74) is 7.14. The number of nitrogens with zero attached hydrogens (tertiary/aromatic N) is 2. The molecule has 1 N–H and O–H groups in total. The second kappa shape index (κ2) is 9.16. The number of hydrogen-bond donors (Lipinski definition) is 1. The number of ether oxygens (including phenoxy) is 1. The van der Waals surface area contributed by atoms with Crippen LogP contribution in [-0.4, -0.2) is 23.8 Å². The first kappa shape index (κ1) is 21.0. The molecule has 1 amide bonds. The van der Waals surface area contributed by atoms with Crippen LogP contribution in [0.15, 0.2) is 53.6 Å². The molecular formula is C22H21Cl2N3O2. The Morgan fingerprint density at radius 1 is 1.14 bits per heavy atom. The zero-order valence-corrected chi connectivity index (χ0v) is 17.9. The molecular weight excluding hydrogens is 409 g/mol. The number of nitrogens with one attached hydrogen (secondary N) is 1. The molecule has 1 heterocycles. The molecule has 0 fully saturated rings. The number of rotatable bonds is 6. The van der Waals surface area contributed by atoms with Crippen molar-refractivity contribution in [1.29, 1.82) is 0 Å². The summed E-state index contributed by atoms with van der Waals surface area (Å²) in [5, 5.41) is 5.25. The van der Waals surface area contributed by atoms with Crippen LogP contribution in [0.3, 0.4) is 0 Å². The van der Waals surface area contributed by atoms with Gasteiger partial charge in [-0.05, 0) is 55.8 Å². The van der Waals surface area contributed by atoms with E-state index in [2.05, 4.69) is 10.5 Å². The fourth-order valence-corrected chi connectivity index (χ4v) is 3.59. The lowest BCUT2D eigenvalue weighted by atomic mass is 10.1. The van der Waals surface area contributed by atoms with Gasteiger partial charge in [0.25, 0.3) is 0 Å². The molecule has 0 bridgehead atoms. The van der Waals surface area contributed by atoms with E-state index in [0.29, 0.717) is 10.0 Å². The Hall–Kier alpha value is -2.76. The first-order valence-electron chi connectivity index (χ1n) is 8.98. The molecule has 0 saturated carbocycles. The molecule has 0 unspecified atom stereocenters. The van der Waals surface area contributed by atoms with Crippen LogP contribution in [0.25, 0.3) is 5.69 Å². The molecule has 1 aromatic heterocycles. The Kier molecular flexibility index (Phi) is 6.62. The predicted octanol–water partition coefficient (Wildman–Crippen LogP) is 5.10. The average Bonchev–Trinajstić information content (AvgIpc) is 2.96. The van der Waals surface area contributed by atoms with Gasteiger partial charge in [0, 0.05) is 22.0 Å². The van der Waals surface area contributed by atoms with E-state index in [1.54, 1.807) is 25.5 Å². The molecule has 150 valence electrons. The zero-order valence-electron chi connectivity index (χ0n) is 16.4. The van der Waals surface area contributed by atoms with Crippen LogP contribution in [0.4, 0.5) is 0 Å². The quantitative estimate of drug-likeness (QED) is 0.437. The average molecular weight is 430 g/mol. The first-order chi connectivity index (χ1) is 13.9. The van der Waals surface area contributed by atoms with E-state index >= 15 is 0 Å². The van der Waals surface area contributed by atoms with Gasteiger partial charge in [0.05, 0.1) is 30.5 Å². The molecule has 2 aromatic carbocycles. The lowest BCUT2D eigenvalue weighted by Gasteiger charge is -2.11. The number of carbonyl (C=O) groups excluding carboxylic acids is 1. The molecule has 0 radical (unpaired) electrons. The van der Waals surface area contributed by atoms with Gasteiger partial charge in [-0.3, -0.25) is 4.79 Å². The second-order valence-corrected chi connectivity index (χ2v) is 7.42. The van der Waals surface area contributed by atoms with Gasteiger partial charge in [-0.1, -0.05) is 35.3 Å². The third kappa shape index (κ3) is 5.00. The SMILES string of the molecule is COc1ccc(CC(=O)N/N=C\c2cc(C)n(-c3ccc(Cl)cc3Cl)c2C)cc1. The monoisotopic (exact) mass is 429 g/mol. The van der Waals surface area contributed by atoms with Gasteiger partial charge < -0.3 is 9.30 Å². The summed E-state index contributed by atoms with van der Waals surface area (Å²) in [6.07, 6.45) is 1.87. The zero-order chi connectivity index (χ0) is 21.0. The van der Waals surface area contributed by atoms with E-state index in [-0.39, 0.29) is 12.3 Å². The minimum absolute atomic E-state index is 0.194.